The van der Waals surface area contributed by atoms with Crippen LogP contribution in [0.15, 0.2) is 48.5 Å². The van der Waals surface area contributed by atoms with Gasteiger partial charge in [-0.05, 0) is 30.2 Å². The number of aryl methyl sites for hydroxylation is 1. The molecule has 5 heteroatoms. The maximum Gasteiger partial charge on any atom is 0.253 e. The van der Waals surface area contributed by atoms with Crippen LogP contribution in [0.25, 0.3) is 0 Å². The summed E-state index contributed by atoms with van der Waals surface area (Å²) in [4.78, 5) is 37.9. The third kappa shape index (κ3) is 6.06. The van der Waals surface area contributed by atoms with Gasteiger partial charge in [-0.2, -0.15) is 0 Å². The van der Waals surface area contributed by atoms with Gasteiger partial charge in [0.2, 0.25) is 5.91 Å². The zero-order chi connectivity index (χ0) is 19.8. The molecule has 0 saturated carbocycles. The quantitative estimate of drug-likeness (QED) is 0.720. The van der Waals surface area contributed by atoms with E-state index in [-0.39, 0.29) is 30.4 Å². The number of nitrogens with one attached hydrogen (secondary N) is 1. The van der Waals surface area contributed by atoms with Crippen molar-refractivity contribution >= 4 is 23.3 Å². The van der Waals surface area contributed by atoms with E-state index in [4.69, 9.17) is 0 Å². The Morgan fingerprint density at radius 1 is 0.926 bits per heavy atom. The van der Waals surface area contributed by atoms with Crippen LogP contribution < -0.4 is 5.32 Å². The summed E-state index contributed by atoms with van der Waals surface area (Å²) in [5.41, 5.74) is 2.88. The SMILES string of the molecule is CCCc1ccc(C(=O)CCC(=O)Nc2cccc(C(=O)N(C)C)c2)cc1. The number of Topliss-reactive ketones (excluding diaryl/α,β-unsaturated/α-hetero) is 1. The number of carbonyl (C=O) groups is 3. The summed E-state index contributed by atoms with van der Waals surface area (Å²) in [5.74, 6) is -0.432. The molecule has 0 spiro atoms. The Hall–Kier alpha value is -2.95. The van der Waals surface area contributed by atoms with Crippen molar-refractivity contribution < 1.29 is 14.4 Å². The first-order valence-corrected chi connectivity index (χ1v) is 9.14. The predicted molar refractivity (Wildman–Crippen MR) is 107 cm³/mol. The van der Waals surface area contributed by atoms with E-state index in [2.05, 4.69) is 12.2 Å². The Kier molecular flexibility index (Phi) is 7.29. The topological polar surface area (TPSA) is 66.5 Å². The van der Waals surface area contributed by atoms with Crippen molar-refractivity contribution in [3.8, 4) is 0 Å². The van der Waals surface area contributed by atoms with Gasteiger partial charge in [-0.25, -0.2) is 0 Å². The van der Waals surface area contributed by atoms with Crippen LogP contribution in [-0.2, 0) is 11.2 Å². The Labute approximate surface area is 160 Å². The highest BCUT2D eigenvalue weighted by Gasteiger charge is 2.12. The number of nitrogens with zero attached hydrogens (tertiary/aromatic N) is 1. The van der Waals surface area contributed by atoms with Crippen LogP contribution in [0.4, 0.5) is 5.69 Å². The Bertz CT molecular complexity index is 811. The molecule has 0 aliphatic heterocycles. The fraction of sp³-hybridized carbons (Fsp3) is 0.318. The van der Waals surface area contributed by atoms with E-state index in [0.29, 0.717) is 16.8 Å². The molecule has 0 aliphatic carbocycles. The summed E-state index contributed by atoms with van der Waals surface area (Å²) >= 11 is 0. The molecule has 2 aromatic rings. The van der Waals surface area contributed by atoms with Crippen molar-refractivity contribution in [3.63, 3.8) is 0 Å². The van der Waals surface area contributed by atoms with Crippen LogP contribution in [0, 0.1) is 0 Å². The molecule has 142 valence electrons. The van der Waals surface area contributed by atoms with Crippen molar-refractivity contribution in [2.45, 2.75) is 32.6 Å². The average Bonchev–Trinajstić information content (AvgIpc) is 2.66. The van der Waals surface area contributed by atoms with Crippen LogP contribution in [0.1, 0.15) is 52.5 Å². The Balaban J connectivity index is 1.89. The zero-order valence-corrected chi connectivity index (χ0v) is 16.1. The molecule has 0 fully saturated rings. The molecular weight excluding hydrogens is 340 g/mol. The van der Waals surface area contributed by atoms with Crippen LogP contribution in [0.2, 0.25) is 0 Å². The van der Waals surface area contributed by atoms with E-state index in [9.17, 15) is 14.4 Å². The molecule has 0 saturated heterocycles. The number of ketones is 1. The van der Waals surface area contributed by atoms with Gasteiger partial charge in [0.05, 0.1) is 0 Å². The van der Waals surface area contributed by atoms with Gasteiger partial charge in [-0.15, -0.1) is 0 Å². The molecule has 0 radical (unpaired) electrons. The minimum Gasteiger partial charge on any atom is -0.345 e. The lowest BCUT2D eigenvalue weighted by Crippen LogP contribution is -2.22. The molecule has 27 heavy (non-hydrogen) atoms. The zero-order valence-electron chi connectivity index (χ0n) is 16.1. The lowest BCUT2D eigenvalue weighted by Gasteiger charge is -2.11. The molecule has 0 unspecified atom stereocenters. The number of carbonyl (C=O) groups excluding carboxylic acids is 3. The summed E-state index contributed by atoms with van der Waals surface area (Å²) < 4.78 is 0. The first-order valence-electron chi connectivity index (χ1n) is 9.14. The van der Waals surface area contributed by atoms with E-state index in [0.717, 1.165) is 12.8 Å². The van der Waals surface area contributed by atoms with Crippen LogP contribution in [0.3, 0.4) is 0 Å². The fourth-order valence-electron chi connectivity index (χ4n) is 2.73. The summed E-state index contributed by atoms with van der Waals surface area (Å²) in [6.45, 7) is 2.11. The third-order valence-corrected chi connectivity index (χ3v) is 4.19. The minimum absolute atomic E-state index is 0.0512. The maximum atomic E-state index is 12.3. The number of rotatable bonds is 8. The standard InChI is InChI=1S/C22H26N2O3/c1-4-6-16-9-11-17(12-10-16)20(25)13-14-21(26)23-19-8-5-7-18(15-19)22(27)24(2)3/h5,7-12,15H,4,6,13-14H2,1-3H3,(H,23,26). The molecular formula is C22H26N2O3. The average molecular weight is 366 g/mol. The van der Waals surface area contributed by atoms with Crippen molar-refractivity contribution in [3.05, 3.63) is 65.2 Å². The third-order valence-electron chi connectivity index (χ3n) is 4.19. The van der Waals surface area contributed by atoms with E-state index in [1.54, 1.807) is 38.4 Å². The van der Waals surface area contributed by atoms with Crippen molar-refractivity contribution in [2.24, 2.45) is 0 Å². The lowest BCUT2D eigenvalue weighted by molar-refractivity contribution is -0.116. The van der Waals surface area contributed by atoms with Crippen LogP contribution in [-0.4, -0.2) is 36.6 Å². The van der Waals surface area contributed by atoms with Gasteiger partial charge in [-0.1, -0.05) is 43.7 Å². The predicted octanol–water partition coefficient (Wildman–Crippen LogP) is 3.94. The molecule has 0 atom stereocenters. The molecule has 0 heterocycles. The number of anilines is 1. The van der Waals surface area contributed by atoms with Gasteiger partial charge in [0, 0.05) is 43.8 Å². The van der Waals surface area contributed by atoms with Crippen molar-refractivity contribution in [1.29, 1.82) is 0 Å². The Morgan fingerprint density at radius 3 is 2.26 bits per heavy atom. The fourth-order valence-corrected chi connectivity index (χ4v) is 2.73. The van der Waals surface area contributed by atoms with E-state index >= 15 is 0 Å². The van der Waals surface area contributed by atoms with Crippen LogP contribution >= 0.6 is 0 Å². The highest BCUT2D eigenvalue weighted by molar-refractivity contribution is 6.00. The molecule has 2 rings (SSSR count). The number of benzene rings is 2. The van der Waals surface area contributed by atoms with Gasteiger partial charge in [0.1, 0.15) is 0 Å². The molecule has 2 aromatic carbocycles. The Morgan fingerprint density at radius 2 is 1.63 bits per heavy atom. The molecule has 0 aliphatic rings. The summed E-state index contributed by atoms with van der Waals surface area (Å²) in [6, 6.07) is 14.3. The molecule has 0 aromatic heterocycles. The molecule has 0 bridgehead atoms. The second kappa shape index (κ2) is 9.67. The second-order valence-electron chi connectivity index (χ2n) is 6.70. The highest BCUT2D eigenvalue weighted by atomic mass is 16.2. The summed E-state index contributed by atoms with van der Waals surface area (Å²) in [6.07, 6.45) is 2.30. The number of amides is 2. The summed E-state index contributed by atoms with van der Waals surface area (Å²) in [7, 11) is 3.35. The van der Waals surface area contributed by atoms with Gasteiger partial charge >= 0.3 is 0 Å². The minimum atomic E-state index is -0.250. The largest absolute Gasteiger partial charge is 0.345 e. The van der Waals surface area contributed by atoms with E-state index in [1.807, 2.05) is 24.3 Å². The molecule has 5 nitrogen and oxygen atoms in total. The van der Waals surface area contributed by atoms with Gasteiger partial charge in [0.15, 0.2) is 5.78 Å². The smallest absolute Gasteiger partial charge is 0.253 e. The first kappa shape index (κ1) is 20.4. The normalized spacial score (nSPS) is 10.3. The molecule has 2 amide bonds. The number of hydrogen-bond acceptors (Lipinski definition) is 3. The maximum absolute atomic E-state index is 12.3. The molecule has 1 N–H and O–H groups in total. The van der Waals surface area contributed by atoms with Gasteiger partial charge in [0.25, 0.3) is 5.91 Å². The highest BCUT2D eigenvalue weighted by Crippen LogP contribution is 2.14. The summed E-state index contributed by atoms with van der Waals surface area (Å²) in [5, 5.41) is 2.75. The van der Waals surface area contributed by atoms with E-state index in [1.165, 1.54) is 10.5 Å². The monoisotopic (exact) mass is 366 g/mol. The lowest BCUT2D eigenvalue weighted by atomic mass is 10.0. The van der Waals surface area contributed by atoms with Crippen molar-refractivity contribution in [2.75, 3.05) is 19.4 Å². The first-order chi connectivity index (χ1) is 12.9. The van der Waals surface area contributed by atoms with Crippen molar-refractivity contribution in [1.82, 2.24) is 4.90 Å². The van der Waals surface area contributed by atoms with Gasteiger partial charge < -0.3 is 10.2 Å². The number of hydrogen-bond donors (Lipinski definition) is 1. The second-order valence-corrected chi connectivity index (χ2v) is 6.70. The van der Waals surface area contributed by atoms with Gasteiger partial charge in [-0.3, -0.25) is 14.4 Å². The van der Waals surface area contributed by atoms with Crippen LogP contribution in [0.5, 0.6) is 0 Å². The van der Waals surface area contributed by atoms with E-state index < -0.39 is 0 Å².